The van der Waals surface area contributed by atoms with Crippen molar-refractivity contribution in [3.8, 4) is 0 Å². The number of benzene rings is 3. The average Bonchev–Trinajstić information content (AvgIpc) is 2.84. The Bertz CT molecular complexity index is 1250. The second-order valence-electron chi connectivity index (χ2n) is 8.96. The molecule has 178 valence electrons. The summed E-state index contributed by atoms with van der Waals surface area (Å²) in [6.45, 7) is 5.11. The van der Waals surface area contributed by atoms with E-state index < -0.39 is 22.0 Å². The summed E-state index contributed by atoms with van der Waals surface area (Å²) in [5.41, 5.74) is 3.10. The number of nitrogens with zero attached hydrogens (tertiary/aromatic N) is 1. The van der Waals surface area contributed by atoms with Crippen LogP contribution < -0.4 is 5.32 Å². The lowest BCUT2D eigenvalue weighted by atomic mass is 9.97. The minimum absolute atomic E-state index is 0.0863. The quantitative estimate of drug-likeness (QED) is 0.483. The molecule has 4 rings (SSSR count). The normalized spacial score (nSPS) is 16.2. The van der Waals surface area contributed by atoms with Crippen LogP contribution in [-0.4, -0.2) is 31.7 Å². The molecule has 1 atom stereocenters. The summed E-state index contributed by atoms with van der Waals surface area (Å²) in [6, 6.07) is 21.6. The van der Waals surface area contributed by atoms with Gasteiger partial charge in [0.05, 0.1) is 21.5 Å². The van der Waals surface area contributed by atoms with Crippen molar-refractivity contribution in [3.05, 3.63) is 100 Å². The van der Waals surface area contributed by atoms with Crippen LogP contribution in [0.1, 0.15) is 52.9 Å². The minimum Gasteiger partial charge on any atom is -0.341 e. The van der Waals surface area contributed by atoms with Gasteiger partial charge in [0, 0.05) is 13.1 Å². The van der Waals surface area contributed by atoms with Crippen LogP contribution >= 0.6 is 11.6 Å². The van der Waals surface area contributed by atoms with E-state index in [9.17, 15) is 13.2 Å². The molecule has 0 aromatic heterocycles. The van der Waals surface area contributed by atoms with E-state index in [4.69, 9.17) is 11.6 Å². The predicted octanol–water partition coefficient (Wildman–Crippen LogP) is 5.59. The van der Waals surface area contributed by atoms with Gasteiger partial charge in [0.15, 0.2) is 0 Å². The first-order valence-corrected chi connectivity index (χ1v) is 13.3. The van der Waals surface area contributed by atoms with Crippen molar-refractivity contribution in [2.75, 3.05) is 13.1 Å². The van der Waals surface area contributed by atoms with Crippen molar-refractivity contribution >= 4 is 27.5 Å². The highest BCUT2D eigenvalue weighted by Crippen LogP contribution is 2.28. The third kappa shape index (κ3) is 5.35. The Labute approximate surface area is 206 Å². The van der Waals surface area contributed by atoms with E-state index in [1.807, 2.05) is 61.5 Å². The van der Waals surface area contributed by atoms with Crippen LogP contribution in [0.15, 0.2) is 77.7 Å². The molecule has 5 nitrogen and oxygen atoms in total. The van der Waals surface area contributed by atoms with Gasteiger partial charge in [-0.25, -0.2) is 8.42 Å². The number of rotatable bonds is 6. The van der Waals surface area contributed by atoms with Gasteiger partial charge in [-0.2, -0.15) is 4.31 Å². The molecule has 0 saturated carbocycles. The molecule has 3 aromatic rings. The summed E-state index contributed by atoms with van der Waals surface area (Å²) < 4.78 is 28.0. The first-order valence-electron chi connectivity index (χ1n) is 11.5. The molecule has 1 amide bonds. The van der Waals surface area contributed by atoms with Gasteiger partial charge in [-0.1, -0.05) is 78.7 Å². The molecule has 1 heterocycles. The lowest BCUT2D eigenvalue weighted by Gasteiger charge is -2.29. The molecule has 1 N–H and O–H groups in total. The highest BCUT2D eigenvalue weighted by Gasteiger charge is 2.29. The summed E-state index contributed by atoms with van der Waals surface area (Å²) in [7, 11) is -3.70. The Hall–Kier alpha value is -2.67. The zero-order valence-electron chi connectivity index (χ0n) is 19.4. The van der Waals surface area contributed by atoms with Crippen LogP contribution in [-0.2, 0) is 10.0 Å². The summed E-state index contributed by atoms with van der Waals surface area (Å²) in [4.78, 5) is 13.5. The van der Waals surface area contributed by atoms with E-state index in [1.54, 1.807) is 0 Å². The highest BCUT2D eigenvalue weighted by atomic mass is 35.5. The van der Waals surface area contributed by atoms with Crippen LogP contribution in [0, 0.1) is 12.8 Å². The SMILES string of the molecule is Cc1ccc([C@H](NC(=O)c2cc(S(=O)(=O)N3CCC(C)CC3)ccc2Cl)c2ccccc2)cc1. The second kappa shape index (κ2) is 10.3. The second-order valence-corrected chi connectivity index (χ2v) is 11.3. The van der Waals surface area contributed by atoms with E-state index >= 15 is 0 Å². The maximum atomic E-state index is 13.4. The van der Waals surface area contributed by atoms with Gasteiger partial charge >= 0.3 is 0 Å². The Balaban J connectivity index is 1.64. The number of aryl methyl sites for hydroxylation is 1. The zero-order chi connectivity index (χ0) is 24.3. The molecule has 0 unspecified atom stereocenters. The number of carbonyl (C=O) groups is 1. The lowest BCUT2D eigenvalue weighted by Crippen LogP contribution is -2.38. The molecule has 0 bridgehead atoms. The van der Waals surface area contributed by atoms with E-state index in [-0.39, 0.29) is 15.5 Å². The maximum Gasteiger partial charge on any atom is 0.253 e. The van der Waals surface area contributed by atoms with Crippen LogP contribution in [0.4, 0.5) is 0 Å². The van der Waals surface area contributed by atoms with Gasteiger partial charge in [0.2, 0.25) is 10.0 Å². The van der Waals surface area contributed by atoms with Gasteiger partial charge in [0.1, 0.15) is 0 Å². The highest BCUT2D eigenvalue weighted by molar-refractivity contribution is 7.89. The van der Waals surface area contributed by atoms with Crippen LogP contribution in [0.2, 0.25) is 5.02 Å². The minimum atomic E-state index is -3.70. The van der Waals surface area contributed by atoms with Crippen LogP contribution in [0.25, 0.3) is 0 Å². The lowest BCUT2D eigenvalue weighted by molar-refractivity contribution is 0.0943. The van der Waals surface area contributed by atoms with Crippen molar-refractivity contribution < 1.29 is 13.2 Å². The molecule has 3 aromatic carbocycles. The van der Waals surface area contributed by atoms with E-state index in [2.05, 4.69) is 12.2 Å². The summed E-state index contributed by atoms with van der Waals surface area (Å²) in [5, 5.41) is 3.27. The number of nitrogens with one attached hydrogen (secondary N) is 1. The van der Waals surface area contributed by atoms with E-state index in [0.717, 1.165) is 29.5 Å². The molecule has 1 fully saturated rings. The fourth-order valence-electron chi connectivity index (χ4n) is 4.19. The fraction of sp³-hybridized carbons (Fsp3) is 0.296. The molecule has 1 aliphatic heterocycles. The molecular weight excluding hydrogens is 468 g/mol. The monoisotopic (exact) mass is 496 g/mol. The zero-order valence-corrected chi connectivity index (χ0v) is 20.9. The maximum absolute atomic E-state index is 13.4. The number of halogens is 1. The van der Waals surface area contributed by atoms with Crippen molar-refractivity contribution in [2.24, 2.45) is 5.92 Å². The van der Waals surface area contributed by atoms with Gasteiger partial charge in [0.25, 0.3) is 5.91 Å². The largest absolute Gasteiger partial charge is 0.341 e. The van der Waals surface area contributed by atoms with Crippen LogP contribution in [0.5, 0.6) is 0 Å². The first-order chi connectivity index (χ1) is 16.3. The molecule has 1 saturated heterocycles. The van der Waals surface area contributed by atoms with E-state index in [0.29, 0.717) is 19.0 Å². The molecular formula is C27H29ClN2O3S. The summed E-state index contributed by atoms with van der Waals surface area (Å²) >= 11 is 6.37. The average molecular weight is 497 g/mol. The van der Waals surface area contributed by atoms with Crippen molar-refractivity contribution in [3.63, 3.8) is 0 Å². The predicted molar refractivity (Wildman–Crippen MR) is 136 cm³/mol. The molecule has 1 aliphatic rings. The number of hydrogen-bond donors (Lipinski definition) is 1. The van der Waals surface area contributed by atoms with Crippen molar-refractivity contribution in [2.45, 2.75) is 37.6 Å². The van der Waals surface area contributed by atoms with Gasteiger partial charge < -0.3 is 5.32 Å². The number of amides is 1. The Morgan fingerprint density at radius 3 is 2.24 bits per heavy atom. The molecule has 0 spiro atoms. The summed E-state index contributed by atoms with van der Waals surface area (Å²) in [5.74, 6) is 0.0819. The smallest absolute Gasteiger partial charge is 0.253 e. The first kappa shape index (κ1) is 24.5. The standard InChI is InChI=1S/C27H29ClN2O3S/c1-19-8-10-22(11-9-19)26(21-6-4-3-5-7-21)29-27(31)24-18-23(12-13-25(24)28)34(32,33)30-16-14-20(2)15-17-30/h3-13,18,20,26H,14-17H2,1-2H3,(H,29,31)/t26-/m1/s1. The number of piperidine rings is 1. The number of carbonyl (C=O) groups excluding carboxylic acids is 1. The van der Waals surface area contributed by atoms with Gasteiger partial charge in [-0.3, -0.25) is 4.79 Å². The van der Waals surface area contributed by atoms with E-state index in [1.165, 1.54) is 22.5 Å². The molecule has 7 heteroatoms. The molecule has 0 radical (unpaired) electrons. The number of sulfonamides is 1. The summed E-state index contributed by atoms with van der Waals surface area (Å²) in [6.07, 6.45) is 1.66. The Kier molecular flexibility index (Phi) is 7.41. The third-order valence-electron chi connectivity index (χ3n) is 6.38. The molecule has 0 aliphatic carbocycles. The van der Waals surface area contributed by atoms with Gasteiger partial charge in [-0.05, 0) is 55.0 Å². The number of hydrogen-bond acceptors (Lipinski definition) is 3. The third-order valence-corrected chi connectivity index (χ3v) is 8.61. The van der Waals surface area contributed by atoms with Gasteiger partial charge in [-0.15, -0.1) is 0 Å². The Morgan fingerprint density at radius 1 is 0.971 bits per heavy atom. The van der Waals surface area contributed by atoms with Crippen molar-refractivity contribution in [1.29, 1.82) is 0 Å². The van der Waals surface area contributed by atoms with Crippen LogP contribution in [0.3, 0.4) is 0 Å². The fourth-order valence-corrected chi connectivity index (χ4v) is 5.89. The molecule has 34 heavy (non-hydrogen) atoms. The topological polar surface area (TPSA) is 66.5 Å². The Morgan fingerprint density at radius 2 is 1.59 bits per heavy atom. The van der Waals surface area contributed by atoms with Crippen molar-refractivity contribution in [1.82, 2.24) is 9.62 Å².